The number of nitrogens with zero attached hydrogens (tertiary/aromatic N) is 1. The predicted molar refractivity (Wildman–Crippen MR) is 122 cm³/mol. The molecule has 0 unspecified atom stereocenters. The van der Waals surface area contributed by atoms with Crippen LogP contribution in [0.5, 0.6) is 11.5 Å². The van der Waals surface area contributed by atoms with Gasteiger partial charge in [0.15, 0.2) is 17.4 Å². The van der Waals surface area contributed by atoms with Gasteiger partial charge in [0.2, 0.25) is 5.91 Å². The fourth-order valence-electron chi connectivity index (χ4n) is 3.00. The molecule has 0 aliphatic heterocycles. The molecule has 2 aromatic carbocycles. The van der Waals surface area contributed by atoms with Crippen molar-refractivity contribution in [3.05, 3.63) is 63.4 Å². The largest absolute Gasteiger partial charge is 0.454 e. The first kappa shape index (κ1) is 24.9. The molecule has 3 rings (SSSR count). The summed E-state index contributed by atoms with van der Waals surface area (Å²) in [7, 11) is -4.39. The van der Waals surface area contributed by atoms with E-state index in [-0.39, 0.29) is 23.9 Å². The molecule has 7 nitrogen and oxygen atoms in total. The molecule has 0 aliphatic rings. The number of hydrogen-bond acceptors (Lipinski definition) is 6. The van der Waals surface area contributed by atoms with Gasteiger partial charge < -0.3 is 10.5 Å². The molecule has 0 bridgehead atoms. The molecule has 176 valence electrons. The molecule has 3 aromatic rings. The number of rotatable bonds is 11. The number of primary amides is 1. The maximum Gasteiger partial charge on any atom is 0.266 e. The highest BCUT2D eigenvalue weighted by Crippen LogP contribution is 2.33. The van der Waals surface area contributed by atoms with Crippen LogP contribution in [0.4, 0.5) is 14.6 Å². The van der Waals surface area contributed by atoms with Crippen molar-refractivity contribution in [2.45, 2.75) is 37.0 Å². The second-order valence-electron chi connectivity index (χ2n) is 7.07. The standard InChI is InChI=1S/C21H20ClF2N3O4S2/c22-14-6-7-17(13(8-14)4-2-1-3-5-20(25)28)31-18-9-16(24)19(10-15(18)23)33(29,30)27-21-11-32-12-26-21/h6-12,27H,1-5H2,(H2,25,28). The molecule has 0 saturated carbocycles. The van der Waals surface area contributed by atoms with Crippen LogP contribution in [-0.2, 0) is 21.2 Å². The number of unbranched alkanes of at least 4 members (excludes halogenated alkanes) is 2. The van der Waals surface area contributed by atoms with Gasteiger partial charge in [-0.05, 0) is 43.0 Å². The number of nitrogens with one attached hydrogen (secondary N) is 1. The second kappa shape index (κ2) is 10.9. The summed E-state index contributed by atoms with van der Waals surface area (Å²) >= 11 is 7.20. The van der Waals surface area contributed by atoms with Crippen LogP contribution >= 0.6 is 22.9 Å². The zero-order chi connectivity index (χ0) is 24.0. The van der Waals surface area contributed by atoms with E-state index in [0.717, 1.165) is 17.8 Å². The molecule has 0 radical (unpaired) electrons. The number of ether oxygens (including phenoxy) is 1. The number of amides is 1. The molecule has 0 spiro atoms. The number of anilines is 1. The summed E-state index contributed by atoms with van der Waals surface area (Å²) < 4.78 is 61.8. The maximum absolute atomic E-state index is 14.7. The van der Waals surface area contributed by atoms with Crippen molar-refractivity contribution in [1.82, 2.24) is 4.98 Å². The number of hydrogen-bond donors (Lipinski definition) is 2. The van der Waals surface area contributed by atoms with E-state index in [0.29, 0.717) is 42.0 Å². The lowest BCUT2D eigenvalue weighted by Crippen LogP contribution is -2.15. The average Bonchev–Trinajstić information content (AvgIpc) is 3.23. The van der Waals surface area contributed by atoms with E-state index in [1.54, 1.807) is 12.1 Å². The number of aryl methyl sites for hydroxylation is 1. The second-order valence-corrected chi connectivity index (χ2v) is 9.88. The van der Waals surface area contributed by atoms with Crippen molar-refractivity contribution in [2.24, 2.45) is 5.73 Å². The summed E-state index contributed by atoms with van der Waals surface area (Å²) in [6.45, 7) is 0. The van der Waals surface area contributed by atoms with Crippen LogP contribution in [0.1, 0.15) is 31.2 Å². The number of sulfonamides is 1. The van der Waals surface area contributed by atoms with Crippen LogP contribution in [-0.4, -0.2) is 19.3 Å². The minimum atomic E-state index is -4.39. The minimum absolute atomic E-state index is 0.00164. The van der Waals surface area contributed by atoms with Crippen LogP contribution in [0.15, 0.2) is 46.1 Å². The number of nitrogens with two attached hydrogens (primary N) is 1. The van der Waals surface area contributed by atoms with E-state index in [1.807, 2.05) is 0 Å². The van der Waals surface area contributed by atoms with E-state index in [9.17, 15) is 22.0 Å². The van der Waals surface area contributed by atoms with E-state index in [2.05, 4.69) is 9.71 Å². The summed E-state index contributed by atoms with van der Waals surface area (Å²) in [6, 6.07) is 5.94. The number of halogens is 3. The molecule has 1 amide bonds. The SMILES string of the molecule is NC(=O)CCCCCc1cc(Cl)ccc1Oc1cc(F)c(S(=O)(=O)Nc2cscn2)cc1F. The Morgan fingerprint density at radius 3 is 2.61 bits per heavy atom. The molecule has 3 N–H and O–H groups in total. The minimum Gasteiger partial charge on any atom is -0.454 e. The van der Waals surface area contributed by atoms with Crippen molar-refractivity contribution in [3.63, 3.8) is 0 Å². The molecule has 1 heterocycles. The van der Waals surface area contributed by atoms with Crippen LogP contribution in [0.3, 0.4) is 0 Å². The van der Waals surface area contributed by atoms with Crippen LogP contribution in [0.2, 0.25) is 5.02 Å². The predicted octanol–water partition coefficient (Wildman–Crippen LogP) is 5.26. The van der Waals surface area contributed by atoms with Gasteiger partial charge in [-0.2, -0.15) is 0 Å². The highest BCUT2D eigenvalue weighted by atomic mass is 35.5. The van der Waals surface area contributed by atoms with Gasteiger partial charge >= 0.3 is 0 Å². The first-order chi connectivity index (χ1) is 15.7. The Morgan fingerprint density at radius 1 is 1.12 bits per heavy atom. The number of carbonyl (C=O) groups is 1. The van der Waals surface area contributed by atoms with E-state index in [4.69, 9.17) is 22.1 Å². The Balaban J connectivity index is 1.78. The Hall–Kier alpha value is -2.76. The van der Waals surface area contributed by atoms with Gasteiger partial charge in [-0.15, -0.1) is 11.3 Å². The van der Waals surface area contributed by atoms with Gasteiger partial charge in [0, 0.05) is 29.0 Å². The first-order valence-corrected chi connectivity index (χ1v) is 12.6. The van der Waals surface area contributed by atoms with Gasteiger partial charge in [0.25, 0.3) is 10.0 Å². The van der Waals surface area contributed by atoms with Gasteiger partial charge in [-0.1, -0.05) is 18.0 Å². The summed E-state index contributed by atoms with van der Waals surface area (Å²) in [5.41, 5.74) is 7.18. The monoisotopic (exact) mass is 515 g/mol. The normalized spacial score (nSPS) is 11.4. The van der Waals surface area contributed by atoms with Gasteiger partial charge in [-0.3, -0.25) is 9.52 Å². The summed E-state index contributed by atoms with van der Waals surface area (Å²) in [6.07, 6.45) is 2.87. The number of aromatic nitrogens is 1. The molecule has 0 fully saturated rings. The van der Waals surface area contributed by atoms with Crippen molar-refractivity contribution in [2.75, 3.05) is 4.72 Å². The van der Waals surface area contributed by atoms with Gasteiger partial charge in [0.1, 0.15) is 16.5 Å². The highest BCUT2D eigenvalue weighted by molar-refractivity contribution is 7.92. The van der Waals surface area contributed by atoms with Crippen LogP contribution in [0, 0.1) is 11.6 Å². The lowest BCUT2D eigenvalue weighted by Gasteiger charge is -2.14. The van der Waals surface area contributed by atoms with Crippen LogP contribution < -0.4 is 15.2 Å². The van der Waals surface area contributed by atoms with E-state index in [1.165, 1.54) is 17.0 Å². The molecule has 0 atom stereocenters. The van der Waals surface area contributed by atoms with E-state index >= 15 is 0 Å². The topological polar surface area (TPSA) is 111 Å². The lowest BCUT2D eigenvalue weighted by atomic mass is 10.0. The Bertz CT molecular complexity index is 1240. The zero-order valence-corrected chi connectivity index (χ0v) is 19.6. The first-order valence-electron chi connectivity index (χ1n) is 9.80. The Morgan fingerprint density at radius 2 is 1.91 bits per heavy atom. The highest BCUT2D eigenvalue weighted by Gasteiger charge is 2.24. The van der Waals surface area contributed by atoms with Crippen LogP contribution in [0.25, 0.3) is 0 Å². The quantitative estimate of drug-likeness (QED) is 0.338. The summed E-state index contributed by atoms with van der Waals surface area (Å²) in [5, 5.41) is 1.86. The summed E-state index contributed by atoms with van der Waals surface area (Å²) in [5.74, 6) is -2.83. The number of carbonyl (C=O) groups excluding carboxylic acids is 1. The fourth-order valence-corrected chi connectivity index (χ4v) is 4.83. The Kier molecular flexibility index (Phi) is 8.22. The zero-order valence-electron chi connectivity index (χ0n) is 17.2. The third-order valence-electron chi connectivity index (χ3n) is 4.56. The molecule has 1 aromatic heterocycles. The van der Waals surface area contributed by atoms with Crippen molar-refractivity contribution < 1.29 is 26.7 Å². The maximum atomic E-state index is 14.7. The number of thiazole rings is 1. The average molecular weight is 516 g/mol. The number of benzene rings is 2. The lowest BCUT2D eigenvalue weighted by molar-refractivity contribution is -0.118. The third-order valence-corrected chi connectivity index (χ3v) is 6.75. The van der Waals surface area contributed by atoms with Crippen molar-refractivity contribution in [1.29, 1.82) is 0 Å². The summed E-state index contributed by atoms with van der Waals surface area (Å²) in [4.78, 5) is 13.7. The molecule has 12 heteroatoms. The molecular weight excluding hydrogens is 496 g/mol. The Labute approximate surface area is 198 Å². The van der Waals surface area contributed by atoms with Gasteiger partial charge in [-0.25, -0.2) is 22.2 Å². The molecule has 33 heavy (non-hydrogen) atoms. The van der Waals surface area contributed by atoms with Crippen molar-refractivity contribution in [3.8, 4) is 11.5 Å². The fraction of sp³-hybridized carbons (Fsp3) is 0.238. The molecular formula is C21H20ClF2N3O4S2. The molecule has 0 aliphatic carbocycles. The van der Waals surface area contributed by atoms with E-state index < -0.39 is 32.3 Å². The van der Waals surface area contributed by atoms with Crippen molar-refractivity contribution >= 4 is 44.7 Å². The van der Waals surface area contributed by atoms with Gasteiger partial charge in [0.05, 0.1) is 5.51 Å². The smallest absolute Gasteiger partial charge is 0.266 e. The third kappa shape index (κ3) is 6.86. The molecule has 0 saturated heterocycles.